The molecular formula is C23H35N3O7S. The van der Waals surface area contributed by atoms with Crippen LogP contribution >= 0.6 is 0 Å². The molecule has 3 N–H and O–H groups in total. The van der Waals surface area contributed by atoms with Gasteiger partial charge in [0.2, 0.25) is 5.91 Å². The molecule has 3 atom stereocenters. The third-order valence-electron chi connectivity index (χ3n) is 5.72. The molecule has 1 fully saturated rings. The summed E-state index contributed by atoms with van der Waals surface area (Å²) in [5.41, 5.74) is 0.167. The average molecular weight is 498 g/mol. The Balaban J connectivity index is 1.95. The molecule has 1 aromatic carbocycles. The van der Waals surface area contributed by atoms with Crippen molar-refractivity contribution in [2.75, 3.05) is 18.6 Å². The molecule has 1 aliphatic rings. The Bertz CT molecular complexity index is 961. The van der Waals surface area contributed by atoms with Crippen molar-refractivity contribution in [3.8, 4) is 0 Å². The number of amides is 3. The molecule has 0 saturated heterocycles. The number of rotatable bonds is 8. The van der Waals surface area contributed by atoms with E-state index in [0.717, 1.165) is 11.8 Å². The van der Waals surface area contributed by atoms with E-state index in [9.17, 15) is 27.9 Å². The predicted molar refractivity (Wildman–Crippen MR) is 127 cm³/mol. The second kappa shape index (κ2) is 11.5. The summed E-state index contributed by atoms with van der Waals surface area (Å²) >= 11 is 0. The van der Waals surface area contributed by atoms with Crippen LogP contribution in [0.25, 0.3) is 0 Å². The second-order valence-electron chi connectivity index (χ2n) is 9.73. The van der Waals surface area contributed by atoms with Crippen LogP contribution in [0.5, 0.6) is 0 Å². The summed E-state index contributed by atoms with van der Waals surface area (Å²) in [5, 5.41) is 14.9. The number of ether oxygens (including phenoxy) is 1. The van der Waals surface area contributed by atoms with E-state index in [1.54, 1.807) is 20.8 Å². The third kappa shape index (κ3) is 8.85. The van der Waals surface area contributed by atoms with Gasteiger partial charge in [0.25, 0.3) is 0 Å². The van der Waals surface area contributed by atoms with E-state index >= 15 is 0 Å². The highest BCUT2D eigenvalue weighted by molar-refractivity contribution is 7.90. The van der Waals surface area contributed by atoms with E-state index < -0.39 is 45.4 Å². The third-order valence-corrected chi connectivity index (χ3v) is 6.75. The van der Waals surface area contributed by atoms with Crippen molar-refractivity contribution >= 4 is 27.9 Å². The minimum Gasteiger partial charge on any atom is -0.465 e. The van der Waals surface area contributed by atoms with Crippen LogP contribution < -0.4 is 10.6 Å². The summed E-state index contributed by atoms with van der Waals surface area (Å²) in [6, 6.07) is 8.30. The number of alkyl carbamates (subject to hydrolysis) is 1. The van der Waals surface area contributed by atoms with E-state index in [-0.39, 0.29) is 24.9 Å². The highest BCUT2D eigenvalue weighted by Gasteiger charge is 2.40. The highest BCUT2D eigenvalue weighted by atomic mass is 32.2. The van der Waals surface area contributed by atoms with E-state index in [2.05, 4.69) is 10.6 Å². The topological polar surface area (TPSA) is 142 Å². The number of sulfone groups is 1. The van der Waals surface area contributed by atoms with Crippen molar-refractivity contribution in [1.82, 2.24) is 15.5 Å². The number of nitrogens with zero attached hydrogens (tertiary/aromatic N) is 1. The fraction of sp³-hybridized carbons (Fsp3) is 0.609. The molecule has 3 amide bonds. The number of carboxylic acid groups (broad SMARTS) is 1. The van der Waals surface area contributed by atoms with Crippen LogP contribution in [0.4, 0.5) is 9.59 Å². The van der Waals surface area contributed by atoms with E-state index in [4.69, 9.17) is 4.74 Å². The zero-order chi connectivity index (χ0) is 25.5. The molecule has 1 aromatic rings. The lowest BCUT2D eigenvalue weighted by molar-refractivity contribution is -0.121. The van der Waals surface area contributed by atoms with Gasteiger partial charge in [0.05, 0.1) is 5.75 Å². The van der Waals surface area contributed by atoms with E-state index in [1.165, 1.54) is 4.90 Å². The van der Waals surface area contributed by atoms with Gasteiger partial charge in [0.15, 0.2) is 0 Å². The summed E-state index contributed by atoms with van der Waals surface area (Å²) < 4.78 is 29.1. The Morgan fingerprint density at radius 3 is 2.35 bits per heavy atom. The molecule has 0 aliphatic heterocycles. The molecule has 0 bridgehead atoms. The quantitative estimate of drug-likeness (QED) is 0.500. The summed E-state index contributed by atoms with van der Waals surface area (Å²) in [5.74, 6) is -1.09. The van der Waals surface area contributed by atoms with Gasteiger partial charge in [-0.05, 0) is 51.5 Å². The van der Waals surface area contributed by atoms with Gasteiger partial charge in [-0.2, -0.15) is 0 Å². The first-order valence-corrected chi connectivity index (χ1v) is 13.3. The fourth-order valence-corrected chi connectivity index (χ4v) is 5.56. The molecular weight excluding hydrogens is 462 g/mol. The molecule has 0 unspecified atom stereocenters. The normalized spacial score (nSPS) is 20.8. The maximum Gasteiger partial charge on any atom is 0.407 e. The van der Waals surface area contributed by atoms with Crippen molar-refractivity contribution < 1.29 is 32.6 Å². The lowest BCUT2D eigenvalue weighted by atomic mass is 9.80. The van der Waals surface area contributed by atoms with Crippen molar-refractivity contribution in [3.05, 3.63) is 35.9 Å². The first-order chi connectivity index (χ1) is 15.8. The molecule has 1 saturated carbocycles. The molecule has 0 heterocycles. The van der Waals surface area contributed by atoms with Crippen LogP contribution in [0.15, 0.2) is 30.3 Å². The minimum absolute atomic E-state index is 0.0720. The molecule has 0 aromatic heterocycles. The Labute approximate surface area is 201 Å². The van der Waals surface area contributed by atoms with Crippen LogP contribution in [-0.2, 0) is 26.0 Å². The van der Waals surface area contributed by atoms with Crippen molar-refractivity contribution in [3.63, 3.8) is 0 Å². The lowest BCUT2D eigenvalue weighted by Crippen LogP contribution is -2.57. The van der Waals surface area contributed by atoms with Gasteiger partial charge in [-0.25, -0.2) is 18.0 Å². The van der Waals surface area contributed by atoms with Gasteiger partial charge in [-0.3, -0.25) is 4.79 Å². The lowest BCUT2D eigenvalue weighted by Gasteiger charge is -2.45. The van der Waals surface area contributed by atoms with Gasteiger partial charge in [0, 0.05) is 23.9 Å². The van der Waals surface area contributed by atoms with Crippen molar-refractivity contribution in [1.29, 1.82) is 0 Å². The molecule has 2 rings (SSSR count). The molecule has 34 heavy (non-hydrogen) atoms. The minimum atomic E-state index is -3.36. The zero-order valence-electron chi connectivity index (χ0n) is 20.1. The molecule has 11 heteroatoms. The maximum atomic E-state index is 12.4. The molecule has 1 aliphatic carbocycles. The number of carbonyl (C=O) groups is 3. The smallest absolute Gasteiger partial charge is 0.407 e. The van der Waals surface area contributed by atoms with Gasteiger partial charge >= 0.3 is 12.2 Å². The van der Waals surface area contributed by atoms with Gasteiger partial charge in [-0.15, -0.1) is 0 Å². The summed E-state index contributed by atoms with van der Waals surface area (Å²) in [6.07, 6.45) is 0.553. The Morgan fingerprint density at radius 2 is 1.79 bits per heavy atom. The standard InChI is InChI=1S/C23H35N3O7S/c1-23(2,3)26(22(29)30)18-10-11-19(17(12-18)15-34(4,31)32)25-20(27)13-24-21(28)33-14-16-8-6-5-7-9-16/h5-9,17-19H,10-15H2,1-4H3,(H,24,28)(H,25,27)(H,29,30)/t17-,18+,19-/m0/s1. The second-order valence-corrected chi connectivity index (χ2v) is 11.9. The molecule has 10 nitrogen and oxygen atoms in total. The SMILES string of the molecule is CC(C)(C)N(C(=O)O)[C@@H]1CC[C@H](NC(=O)CNC(=O)OCc2ccccc2)[C@H](CS(C)(=O)=O)C1. The van der Waals surface area contributed by atoms with Crippen molar-refractivity contribution in [2.24, 2.45) is 5.92 Å². The summed E-state index contributed by atoms with van der Waals surface area (Å²) in [4.78, 5) is 37.6. The monoisotopic (exact) mass is 497 g/mol. The average Bonchev–Trinajstić information content (AvgIpc) is 2.71. The Morgan fingerprint density at radius 1 is 1.15 bits per heavy atom. The van der Waals surface area contributed by atoms with Crippen LogP contribution in [0.1, 0.15) is 45.6 Å². The number of hydrogen-bond donors (Lipinski definition) is 3. The number of carbonyl (C=O) groups excluding carboxylic acids is 2. The van der Waals surface area contributed by atoms with Crippen LogP contribution in [-0.4, -0.2) is 72.7 Å². The number of hydrogen-bond acceptors (Lipinski definition) is 6. The number of benzene rings is 1. The first kappa shape index (κ1) is 27.4. The van der Waals surface area contributed by atoms with Crippen molar-refractivity contribution in [2.45, 2.75) is 64.3 Å². The van der Waals surface area contributed by atoms with Gasteiger partial charge in [0.1, 0.15) is 23.0 Å². The largest absolute Gasteiger partial charge is 0.465 e. The molecule has 0 radical (unpaired) electrons. The molecule has 190 valence electrons. The highest BCUT2D eigenvalue weighted by Crippen LogP contribution is 2.33. The molecule has 0 spiro atoms. The van der Waals surface area contributed by atoms with Crippen LogP contribution in [0, 0.1) is 5.92 Å². The summed E-state index contributed by atoms with van der Waals surface area (Å²) in [7, 11) is -3.36. The Kier molecular flexibility index (Phi) is 9.31. The first-order valence-electron chi connectivity index (χ1n) is 11.2. The van der Waals surface area contributed by atoms with Crippen LogP contribution in [0.3, 0.4) is 0 Å². The fourth-order valence-electron chi connectivity index (χ4n) is 4.41. The van der Waals surface area contributed by atoms with E-state index in [1.807, 2.05) is 30.3 Å². The zero-order valence-corrected chi connectivity index (χ0v) is 20.9. The number of nitrogens with one attached hydrogen (secondary N) is 2. The Hall–Kier alpha value is -2.82. The van der Waals surface area contributed by atoms with Gasteiger partial charge in [-0.1, -0.05) is 30.3 Å². The van der Waals surface area contributed by atoms with E-state index in [0.29, 0.717) is 19.3 Å². The van der Waals surface area contributed by atoms with Crippen LogP contribution in [0.2, 0.25) is 0 Å². The summed E-state index contributed by atoms with van der Waals surface area (Å²) in [6.45, 7) is 5.14. The maximum absolute atomic E-state index is 12.4. The predicted octanol–water partition coefficient (Wildman–Crippen LogP) is 2.39. The van der Waals surface area contributed by atoms with Gasteiger partial charge < -0.3 is 25.4 Å².